The SMILES string of the molecule is CCN(CC)C(=O)COc1c(F)c(F)cc(F)c1F. The summed E-state index contributed by atoms with van der Waals surface area (Å²) in [5, 5.41) is 0. The Labute approximate surface area is 107 Å². The summed E-state index contributed by atoms with van der Waals surface area (Å²) in [7, 11) is 0. The highest BCUT2D eigenvalue weighted by Crippen LogP contribution is 2.26. The van der Waals surface area contributed by atoms with Crippen molar-refractivity contribution in [2.45, 2.75) is 13.8 Å². The van der Waals surface area contributed by atoms with Crippen LogP contribution in [-0.4, -0.2) is 30.5 Å². The fourth-order valence-electron chi connectivity index (χ4n) is 1.48. The summed E-state index contributed by atoms with van der Waals surface area (Å²) >= 11 is 0. The van der Waals surface area contributed by atoms with E-state index in [4.69, 9.17) is 0 Å². The molecule has 1 rings (SSSR count). The molecule has 106 valence electrons. The summed E-state index contributed by atoms with van der Waals surface area (Å²) < 4.78 is 56.8. The van der Waals surface area contributed by atoms with E-state index in [0.29, 0.717) is 13.1 Å². The first-order valence-electron chi connectivity index (χ1n) is 5.65. The van der Waals surface area contributed by atoms with Crippen LogP contribution in [0.2, 0.25) is 0 Å². The predicted octanol–water partition coefficient (Wildman–Crippen LogP) is 2.49. The quantitative estimate of drug-likeness (QED) is 0.612. The van der Waals surface area contributed by atoms with Gasteiger partial charge in [0.05, 0.1) is 0 Å². The number of likely N-dealkylation sites (N-methyl/N-ethyl adjacent to an activating group) is 1. The monoisotopic (exact) mass is 279 g/mol. The van der Waals surface area contributed by atoms with Gasteiger partial charge >= 0.3 is 0 Å². The first kappa shape index (κ1) is 15.3. The molecule has 3 nitrogen and oxygen atoms in total. The lowest BCUT2D eigenvalue weighted by Gasteiger charge is -2.18. The lowest BCUT2D eigenvalue weighted by atomic mass is 10.3. The van der Waals surface area contributed by atoms with Crippen LogP contribution in [0.15, 0.2) is 6.07 Å². The molecule has 0 spiro atoms. The van der Waals surface area contributed by atoms with Crippen molar-refractivity contribution in [1.29, 1.82) is 0 Å². The maximum atomic E-state index is 13.2. The van der Waals surface area contributed by atoms with Crippen LogP contribution in [-0.2, 0) is 4.79 Å². The molecule has 0 aromatic heterocycles. The Kier molecular flexibility index (Phi) is 5.14. The maximum Gasteiger partial charge on any atom is 0.260 e. The van der Waals surface area contributed by atoms with Crippen LogP contribution in [0.5, 0.6) is 5.75 Å². The number of benzene rings is 1. The summed E-state index contributed by atoms with van der Waals surface area (Å²) in [6, 6.07) is 0.0732. The number of hydrogen-bond acceptors (Lipinski definition) is 2. The Morgan fingerprint density at radius 2 is 1.58 bits per heavy atom. The van der Waals surface area contributed by atoms with Crippen molar-refractivity contribution < 1.29 is 27.1 Å². The van der Waals surface area contributed by atoms with E-state index in [-0.39, 0.29) is 6.07 Å². The second kappa shape index (κ2) is 6.40. The van der Waals surface area contributed by atoms with Gasteiger partial charge in [0.15, 0.2) is 24.0 Å². The van der Waals surface area contributed by atoms with Crippen LogP contribution >= 0.6 is 0 Å². The number of rotatable bonds is 5. The Bertz CT molecular complexity index is 449. The minimum absolute atomic E-state index is 0.0732. The Hall–Kier alpha value is -1.79. The topological polar surface area (TPSA) is 29.5 Å². The van der Waals surface area contributed by atoms with E-state index in [1.165, 1.54) is 4.90 Å². The summed E-state index contributed by atoms with van der Waals surface area (Å²) in [5.74, 6) is -8.24. The summed E-state index contributed by atoms with van der Waals surface area (Å²) in [6.07, 6.45) is 0. The van der Waals surface area contributed by atoms with Gasteiger partial charge in [-0.15, -0.1) is 0 Å². The molecule has 0 N–H and O–H groups in total. The van der Waals surface area contributed by atoms with Crippen molar-refractivity contribution in [3.8, 4) is 5.75 Å². The van der Waals surface area contributed by atoms with E-state index >= 15 is 0 Å². The first-order valence-corrected chi connectivity index (χ1v) is 5.65. The Morgan fingerprint density at radius 3 is 2.00 bits per heavy atom. The van der Waals surface area contributed by atoms with Crippen molar-refractivity contribution in [2.24, 2.45) is 0 Å². The summed E-state index contributed by atoms with van der Waals surface area (Å²) in [6.45, 7) is 3.51. The average Bonchev–Trinajstić information content (AvgIpc) is 2.38. The van der Waals surface area contributed by atoms with Gasteiger partial charge in [0.25, 0.3) is 5.91 Å². The standard InChI is InChI=1S/C12H13F4NO2/c1-3-17(4-2)9(18)6-19-12-10(15)7(13)5-8(14)11(12)16/h5H,3-4,6H2,1-2H3. The summed E-state index contributed by atoms with van der Waals surface area (Å²) in [4.78, 5) is 12.9. The number of hydrogen-bond donors (Lipinski definition) is 0. The molecule has 0 bridgehead atoms. The van der Waals surface area contributed by atoms with Crippen LogP contribution in [0.4, 0.5) is 17.6 Å². The smallest absolute Gasteiger partial charge is 0.260 e. The molecule has 0 aliphatic carbocycles. The molecule has 0 aliphatic rings. The van der Waals surface area contributed by atoms with Gasteiger partial charge in [-0.3, -0.25) is 4.79 Å². The normalized spacial score (nSPS) is 10.4. The number of ether oxygens (including phenoxy) is 1. The number of halogens is 4. The fourth-order valence-corrected chi connectivity index (χ4v) is 1.48. The molecular weight excluding hydrogens is 266 g/mol. The first-order chi connectivity index (χ1) is 8.92. The van der Waals surface area contributed by atoms with Crippen molar-refractivity contribution in [3.63, 3.8) is 0 Å². The third kappa shape index (κ3) is 3.36. The van der Waals surface area contributed by atoms with Gasteiger partial charge in [-0.2, -0.15) is 8.78 Å². The lowest BCUT2D eigenvalue weighted by Crippen LogP contribution is -2.34. The highest BCUT2D eigenvalue weighted by Gasteiger charge is 2.22. The minimum atomic E-state index is -1.66. The molecular formula is C12H13F4NO2. The van der Waals surface area contributed by atoms with Crippen LogP contribution in [0, 0.1) is 23.3 Å². The third-order valence-corrected chi connectivity index (χ3v) is 2.53. The number of carbonyl (C=O) groups excluding carboxylic acids is 1. The second-order valence-corrected chi connectivity index (χ2v) is 3.65. The third-order valence-electron chi connectivity index (χ3n) is 2.53. The Morgan fingerprint density at radius 1 is 1.11 bits per heavy atom. The van der Waals surface area contributed by atoms with Gasteiger partial charge in [-0.25, -0.2) is 8.78 Å². The van der Waals surface area contributed by atoms with Gasteiger partial charge < -0.3 is 9.64 Å². The molecule has 0 atom stereocenters. The van der Waals surface area contributed by atoms with E-state index in [0.717, 1.165) is 0 Å². The molecule has 0 saturated heterocycles. The molecule has 7 heteroatoms. The molecule has 0 aliphatic heterocycles. The molecule has 19 heavy (non-hydrogen) atoms. The zero-order chi connectivity index (χ0) is 14.6. The van der Waals surface area contributed by atoms with Crippen molar-refractivity contribution in [3.05, 3.63) is 29.3 Å². The van der Waals surface area contributed by atoms with Crippen molar-refractivity contribution in [2.75, 3.05) is 19.7 Å². The van der Waals surface area contributed by atoms with E-state index in [1.807, 2.05) is 0 Å². The molecule has 0 fully saturated rings. The molecule has 1 aromatic carbocycles. The summed E-state index contributed by atoms with van der Waals surface area (Å²) in [5.41, 5.74) is 0. The van der Waals surface area contributed by atoms with Crippen LogP contribution in [0.1, 0.15) is 13.8 Å². The highest BCUT2D eigenvalue weighted by atomic mass is 19.2. The van der Waals surface area contributed by atoms with Gasteiger partial charge in [-0.1, -0.05) is 0 Å². The average molecular weight is 279 g/mol. The number of nitrogens with zero attached hydrogens (tertiary/aromatic N) is 1. The van der Waals surface area contributed by atoms with Gasteiger partial charge in [0.1, 0.15) is 0 Å². The highest BCUT2D eigenvalue weighted by molar-refractivity contribution is 5.77. The lowest BCUT2D eigenvalue weighted by molar-refractivity contribution is -0.133. The predicted molar refractivity (Wildman–Crippen MR) is 59.7 cm³/mol. The molecule has 0 heterocycles. The second-order valence-electron chi connectivity index (χ2n) is 3.65. The molecule has 0 unspecified atom stereocenters. The molecule has 1 aromatic rings. The zero-order valence-electron chi connectivity index (χ0n) is 10.5. The van der Waals surface area contributed by atoms with Crippen molar-refractivity contribution >= 4 is 5.91 Å². The Balaban J connectivity index is 2.87. The van der Waals surface area contributed by atoms with Gasteiger partial charge in [0.2, 0.25) is 11.6 Å². The maximum absolute atomic E-state index is 13.2. The van der Waals surface area contributed by atoms with Gasteiger partial charge in [-0.05, 0) is 13.8 Å². The molecule has 1 amide bonds. The van der Waals surface area contributed by atoms with Gasteiger partial charge in [0, 0.05) is 19.2 Å². The van der Waals surface area contributed by atoms with Crippen molar-refractivity contribution in [1.82, 2.24) is 4.90 Å². The van der Waals surface area contributed by atoms with E-state index in [2.05, 4.69) is 4.74 Å². The minimum Gasteiger partial charge on any atom is -0.477 e. The van der Waals surface area contributed by atoms with E-state index in [1.54, 1.807) is 13.8 Å². The van der Waals surface area contributed by atoms with E-state index in [9.17, 15) is 22.4 Å². The van der Waals surface area contributed by atoms with E-state index < -0.39 is 41.5 Å². The van der Waals surface area contributed by atoms with Crippen LogP contribution < -0.4 is 4.74 Å². The zero-order valence-corrected chi connectivity index (χ0v) is 10.5. The number of amides is 1. The largest absolute Gasteiger partial charge is 0.477 e. The number of carbonyl (C=O) groups is 1. The van der Waals surface area contributed by atoms with Crippen LogP contribution in [0.25, 0.3) is 0 Å². The fraction of sp³-hybridized carbons (Fsp3) is 0.417. The molecule has 0 radical (unpaired) electrons. The van der Waals surface area contributed by atoms with Crippen LogP contribution in [0.3, 0.4) is 0 Å². The molecule has 0 saturated carbocycles.